The average Bonchev–Trinajstić information content (AvgIpc) is 2.03. The van der Waals surface area contributed by atoms with Gasteiger partial charge in [-0.2, -0.15) is 0 Å². The Morgan fingerprint density at radius 2 is 2.17 bits per heavy atom. The molecule has 0 bridgehead atoms. The maximum Gasteiger partial charge on any atom is 0.248 e. The van der Waals surface area contributed by atoms with E-state index in [1.807, 2.05) is 19.1 Å². The van der Waals surface area contributed by atoms with E-state index in [-0.39, 0.29) is 5.91 Å². The van der Waals surface area contributed by atoms with Gasteiger partial charge in [0.25, 0.3) is 0 Å². The van der Waals surface area contributed by atoms with Crippen LogP contribution < -0.4 is 11.0 Å². The quantitative estimate of drug-likeness (QED) is 0.675. The van der Waals surface area contributed by atoms with Crippen molar-refractivity contribution >= 4 is 20.5 Å². The van der Waals surface area contributed by atoms with E-state index in [0.717, 1.165) is 17.3 Å². The predicted octanol–water partition coefficient (Wildman–Crippen LogP) is 0.848. The Morgan fingerprint density at radius 1 is 1.50 bits per heavy atom. The van der Waals surface area contributed by atoms with Crippen molar-refractivity contribution in [1.82, 2.24) is 0 Å². The standard InChI is InChI=1S/C9H12NOP/c1-2-6-3-7(9(10)11)5-8(12)4-6/h3-5H,2,12H2,1H3,(H2,10,11). The van der Waals surface area contributed by atoms with E-state index < -0.39 is 0 Å². The lowest BCUT2D eigenvalue weighted by molar-refractivity contribution is 0.100. The SMILES string of the molecule is CCc1cc(P)cc(C(N)=O)c1. The highest BCUT2D eigenvalue weighted by Crippen LogP contribution is 2.05. The molecule has 1 rings (SSSR count). The molecule has 0 spiro atoms. The first-order valence-electron chi connectivity index (χ1n) is 3.82. The summed E-state index contributed by atoms with van der Waals surface area (Å²) >= 11 is 0. The van der Waals surface area contributed by atoms with Crippen molar-refractivity contribution < 1.29 is 4.79 Å². The zero-order chi connectivity index (χ0) is 9.14. The van der Waals surface area contributed by atoms with E-state index in [1.54, 1.807) is 6.07 Å². The highest BCUT2D eigenvalue weighted by Gasteiger charge is 2.01. The molecule has 1 aromatic carbocycles. The number of rotatable bonds is 2. The Hall–Kier alpha value is -0.880. The monoisotopic (exact) mass is 181 g/mol. The highest BCUT2D eigenvalue weighted by atomic mass is 31.0. The van der Waals surface area contributed by atoms with Gasteiger partial charge in [-0.15, -0.1) is 9.24 Å². The van der Waals surface area contributed by atoms with Crippen molar-refractivity contribution in [3.63, 3.8) is 0 Å². The van der Waals surface area contributed by atoms with Crippen molar-refractivity contribution in [2.75, 3.05) is 0 Å². The number of hydrogen-bond donors (Lipinski definition) is 1. The molecular formula is C9H12NOP. The smallest absolute Gasteiger partial charge is 0.248 e. The number of primary amides is 1. The van der Waals surface area contributed by atoms with Crippen LogP contribution in [0.25, 0.3) is 0 Å². The summed E-state index contributed by atoms with van der Waals surface area (Å²) in [6.07, 6.45) is 0.919. The van der Waals surface area contributed by atoms with Gasteiger partial charge in [0.2, 0.25) is 5.91 Å². The second kappa shape index (κ2) is 3.68. The average molecular weight is 181 g/mol. The minimum Gasteiger partial charge on any atom is -0.366 e. The minimum absolute atomic E-state index is 0.367. The van der Waals surface area contributed by atoms with Crippen LogP contribution in [0, 0.1) is 0 Å². The maximum atomic E-state index is 10.8. The van der Waals surface area contributed by atoms with E-state index in [9.17, 15) is 4.79 Å². The fourth-order valence-electron chi connectivity index (χ4n) is 1.06. The van der Waals surface area contributed by atoms with Gasteiger partial charge in [0.05, 0.1) is 0 Å². The lowest BCUT2D eigenvalue weighted by Crippen LogP contribution is -2.13. The molecule has 0 heterocycles. The Labute approximate surface area is 74.4 Å². The number of aryl methyl sites for hydroxylation is 1. The van der Waals surface area contributed by atoms with Crippen LogP contribution in [0.3, 0.4) is 0 Å². The molecule has 0 fully saturated rings. The van der Waals surface area contributed by atoms with E-state index >= 15 is 0 Å². The van der Waals surface area contributed by atoms with Crippen LogP contribution in [-0.2, 0) is 6.42 Å². The van der Waals surface area contributed by atoms with Gasteiger partial charge in [0, 0.05) is 5.56 Å². The van der Waals surface area contributed by atoms with Gasteiger partial charge in [0.15, 0.2) is 0 Å². The maximum absolute atomic E-state index is 10.8. The number of benzene rings is 1. The van der Waals surface area contributed by atoms with Gasteiger partial charge in [-0.25, -0.2) is 0 Å². The molecule has 2 nitrogen and oxygen atoms in total. The summed E-state index contributed by atoms with van der Waals surface area (Å²) < 4.78 is 0. The van der Waals surface area contributed by atoms with E-state index in [4.69, 9.17) is 5.73 Å². The molecule has 3 heteroatoms. The molecule has 0 aliphatic carbocycles. The van der Waals surface area contributed by atoms with Crippen molar-refractivity contribution in [3.8, 4) is 0 Å². The zero-order valence-electron chi connectivity index (χ0n) is 7.00. The molecule has 64 valence electrons. The second-order valence-corrected chi connectivity index (χ2v) is 3.35. The number of amides is 1. The van der Waals surface area contributed by atoms with Crippen LogP contribution >= 0.6 is 9.24 Å². The third kappa shape index (κ3) is 2.05. The van der Waals surface area contributed by atoms with Crippen LogP contribution in [0.5, 0.6) is 0 Å². The summed E-state index contributed by atoms with van der Waals surface area (Å²) in [4.78, 5) is 10.8. The van der Waals surface area contributed by atoms with Crippen molar-refractivity contribution in [1.29, 1.82) is 0 Å². The van der Waals surface area contributed by atoms with Crippen LogP contribution in [0.4, 0.5) is 0 Å². The van der Waals surface area contributed by atoms with Gasteiger partial charge in [-0.05, 0) is 29.4 Å². The van der Waals surface area contributed by atoms with Gasteiger partial charge in [-0.3, -0.25) is 4.79 Å². The summed E-state index contributed by atoms with van der Waals surface area (Å²) in [6, 6.07) is 5.62. The number of carbonyl (C=O) groups excluding carboxylic acids is 1. The van der Waals surface area contributed by atoms with Crippen LogP contribution in [0.1, 0.15) is 22.8 Å². The molecule has 2 N–H and O–H groups in total. The summed E-state index contributed by atoms with van der Waals surface area (Å²) in [7, 11) is 2.56. The lowest BCUT2D eigenvalue weighted by Gasteiger charge is -2.01. The molecule has 0 aliphatic rings. The first-order valence-corrected chi connectivity index (χ1v) is 4.40. The number of carbonyl (C=O) groups is 1. The van der Waals surface area contributed by atoms with E-state index in [0.29, 0.717) is 5.56 Å². The van der Waals surface area contributed by atoms with Crippen molar-refractivity contribution in [2.24, 2.45) is 5.73 Å². The molecule has 0 aromatic heterocycles. The van der Waals surface area contributed by atoms with Crippen LogP contribution in [0.2, 0.25) is 0 Å². The molecule has 0 aliphatic heterocycles. The first kappa shape index (κ1) is 9.21. The minimum atomic E-state index is -0.367. The molecular weight excluding hydrogens is 169 g/mol. The first-order chi connectivity index (χ1) is 5.63. The summed E-state index contributed by atoms with van der Waals surface area (Å²) in [5, 5.41) is 1.00. The Morgan fingerprint density at radius 3 is 2.67 bits per heavy atom. The van der Waals surface area contributed by atoms with Gasteiger partial charge in [-0.1, -0.05) is 13.0 Å². The third-order valence-corrected chi connectivity index (χ3v) is 2.04. The van der Waals surface area contributed by atoms with Crippen molar-refractivity contribution in [2.45, 2.75) is 13.3 Å². The van der Waals surface area contributed by atoms with Crippen LogP contribution in [0.15, 0.2) is 18.2 Å². The molecule has 1 amide bonds. The number of nitrogens with two attached hydrogens (primary N) is 1. The lowest BCUT2D eigenvalue weighted by atomic mass is 10.1. The largest absolute Gasteiger partial charge is 0.366 e. The third-order valence-electron chi connectivity index (χ3n) is 1.71. The van der Waals surface area contributed by atoms with Crippen LogP contribution in [-0.4, -0.2) is 5.91 Å². The highest BCUT2D eigenvalue weighted by molar-refractivity contribution is 7.27. The van der Waals surface area contributed by atoms with Gasteiger partial charge < -0.3 is 5.73 Å². The summed E-state index contributed by atoms with van der Waals surface area (Å²) in [5.74, 6) is -0.367. The fraction of sp³-hybridized carbons (Fsp3) is 0.222. The normalized spacial score (nSPS) is 9.83. The Bertz CT molecular complexity index is 309. The molecule has 1 unspecified atom stereocenters. The fourth-order valence-corrected chi connectivity index (χ4v) is 1.46. The summed E-state index contributed by atoms with van der Waals surface area (Å²) in [5.41, 5.74) is 6.88. The molecule has 1 aromatic rings. The Kier molecular flexibility index (Phi) is 2.83. The molecule has 1 atom stereocenters. The van der Waals surface area contributed by atoms with Gasteiger partial charge in [0.1, 0.15) is 0 Å². The molecule has 12 heavy (non-hydrogen) atoms. The number of hydrogen-bond acceptors (Lipinski definition) is 1. The molecule has 0 saturated heterocycles. The Balaban J connectivity index is 3.15. The topological polar surface area (TPSA) is 43.1 Å². The van der Waals surface area contributed by atoms with Gasteiger partial charge >= 0.3 is 0 Å². The second-order valence-electron chi connectivity index (χ2n) is 2.68. The zero-order valence-corrected chi connectivity index (χ0v) is 8.16. The summed E-state index contributed by atoms with van der Waals surface area (Å²) in [6.45, 7) is 2.05. The predicted molar refractivity (Wildman–Crippen MR) is 53.7 cm³/mol. The van der Waals surface area contributed by atoms with E-state index in [1.165, 1.54) is 0 Å². The van der Waals surface area contributed by atoms with E-state index in [2.05, 4.69) is 9.24 Å². The van der Waals surface area contributed by atoms with Crippen molar-refractivity contribution in [3.05, 3.63) is 29.3 Å². The molecule has 0 radical (unpaired) electrons. The molecule has 0 saturated carbocycles.